The van der Waals surface area contributed by atoms with Gasteiger partial charge < -0.3 is 14.6 Å². The summed E-state index contributed by atoms with van der Waals surface area (Å²) in [4.78, 5) is 12.2. The number of hydrogen-bond acceptors (Lipinski definition) is 4. The maximum Gasteiger partial charge on any atom is 0.306 e. The van der Waals surface area contributed by atoms with E-state index in [1.165, 1.54) is 173 Å². The zero-order valence-corrected chi connectivity index (χ0v) is 31.8. The van der Waals surface area contributed by atoms with Crippen molar-refractivity contribution in [1.29, 1.82) is 0 Å². The van der Waals surface area contributed by atoms with E-state index in [0.29, 0.717) is 19.6 Å². The van der Waals surface area contributed by atoms with Crippen molar-refractivity contribution < 1.29 is 19.4 Å². The molecule has 0 spiro atoms. The van der Waals surface area contributed by atoms with Gasteiger partial charge in [0.25, 0.3) is 0 Å². The largest absolute Gasteiger partial charge is 0.457 e. The molecular weight excluding hydrogens is 580 g/mol. The summed E-state index contributed by atoms with van der Waals surface area (Å²) < 4.78 is 11.1. The number of carbonyl (C=O) groups is 1. The molecule has 0 rings (SSSR count). The maximum atomic E-state index is 12.2. The minimum absolute atomic E-state index is 0.169. The van der Waals surface area contributed by atoms with Crippen molar-refractivity contribution in [3.05, 3.63) is 24.3 Å². The van der Waals surface area contributed by atoms with Gasteiger partial charge in [0.05, 0.1) is 13.2 Å². The highest BCUT2D eigenvalue weighted by Crippen LogP contribution is 2.14. The Morgan fingerprint density at radius 2 is 0.894 bits per heavy atom. The number of esters is 1. The highest BCUT2D eigenvalue weighted by Gasteiger charge is 2.13. The third kappa shape index (κ3) is 39.2. The summed E-state index contributed by atoms with van der Waals surface area (Å²) in [6.45, 7) is 5.36. The second kappa shape index (κ2) is 41.0. The number of aliphatic hydroxyl groups excluding tert-OH is 1. The Labute approximate surface area is 294 Å². The van der Waals surface area contributed by atoms with E-state index in [9.17, 15) is 9.90 Å². The summed E-state index contributed by atoms with van der Waals surface area (Å²) in [5.74, 6) is -0.202. The lowest BCUT2D eigenvalue weighted by Gasteiger charge is -2.16. The van der Waals surface area contributed by atoms with Crippen LogP contribution in [-0.4, -0.2) is 37.0 Å². The topological polar surface area (TPSA) is 55.8 Å². The molecule has 0 radical (unpaired) electrons. The quantitative estimate of drug-likeness (QED) is 0.0404. The van der Waals surface area contributed by atoms with Crippen molar-refractivity contribution in [2.24, 2.45) is 0 Å². The number of ether oxygens (including phenoxy) is 2. The summed E-state index contributed by atoms with van der Waals surface area (Å²) in [6.07, 6.45) is 49.4. The molecule has 1 unspecified atom stereocenters. The van der Waals surface area contributed by atoms with E-state index in [4.69, 9.17) is 9.47 Å². The molecule has 0 amide bonds. The van der Waals surface area contributed by atoms with Crippen LogP contribution in [0.25, 0.3) is 0 Å². The molecule has 278 valence electrons. The van der Waals surface area contributed by atoms with Crippen molar-refractivity contribution in [3.63, 3.8) is 0 Å². The molecule has 0 aliphatic heterocycles. The molecule has 4 heteroatoms. The average molecular weight is 663 g/mol. The van der Waals surface area contributed by atoms with E-state index in [0.717, 1.165) is 25.7 Å². The first-order chi connectivity index (χ1) is 23.2. The molecule has 0 fully saturated rings. The molecule has 1 N–H and O–H groups in total. The van der Waals surface area contributed by atoms with Gasteiger partial charge in [0, 0.05) is 13.0 Å². The van der Waals surface area contributed by atoms with Gasteiger partial charge in [-0.3, -0.25) is 4.79 Å². The Morgan fingerprint density at radius 1 is 0.511 bits per heavy atom. The minimum atomic E-state index is -0.531. The number of hydrogen-bond donors (Lipinski definition) is 1. The van der Waals surface area contributed by atoms with Crippen molar-refractivity contribution in [3.8, 4) is 0 Å². The van der Waals surface area contributed by atoms with E-state index in [1.807, 2.05) is 0 Å². The van der Waals surface area contributed by atoms with Crippen LogP contribution in [0.3, 0.4) is 0 Å². The standard InChI is InChI=1S/C43H82O4/c1-3-5-7-9-11-13-15-17-19-20-21-22-23-24-25-26-28-30-32-34-36-38-43(45)47-42(40-44)41-46-39-37-35-33-31-29-27-18-16-14-12-10-8-6-4-2/h15,17,20-21,42,44H,3-14,16,18-19,22-41H2,1-2H3/b17-15-,21-20-. The van der Waals surface area contributed by atoms with Gasteiger partial charge in [-0.15, -0.1) is 0 Å². The first-order valence-corrected chi connectivity index (χ1v) is 20.9. The first-order valence-electron chi connectivity index (χ1n) is 20.9. The van der Waals surface area contributed by atoms with E-state index in [-0.39, 0.29) is 12.6 Å². The van der Waals surface area contributed by atoms with Crippen LogP contribution in [0.5, 0.6) is 0 Å². The molecule has 0 saturated carbocycles. The summed E-state index contributed by atoms with van der Waals surface area (Å²) in [6, 6.07) is 0. The van der Waals surface area contributed by atoms with E-state index in [2.05, 4.69) is 38.2 Å². The molecule has 0 aliphatic carbocycles. The van der Waals surface area contributed by atoms with Gasteiger partial charge in [0.15, 0.2) is 0 Å². The molecule has 0 aromatic heterocycles. The monoisotopic (exact) mass is 663 g/mol. The first kappa shape index (κ1) is 45.9. The lowest BCUT2D eigenvalue weighted by atomic mass is 10.0. The predicted molar refractivity (Wildman–Crippen MR) is 205 cm³/mol. The molecule has 0 saturated heterocycles. The minimum Gasteiger partial charge on any atom is -0.457 e. The van der Waals surface area contributed by atoms with Crippen LogP contribution < -0.4 is 0 Å². The van der Waals surface area contributed by atoms with Gasteiger partial charge in [-0.1, -0.05) is 192 Å². The van der Waals surface area contributed by atoms with Crippen LogP contribution in [0, 0.1) is 0 Å². The molecule has 0 aliphatic rings. The van der Waals surface area contributed by atoms with E-state index in [1.54, 1.807) is 0 Å². The molecule has 47 heavy (non-hydrogen) atoms. The second-order valence-corrected chi connectivity index (χ2v) is 14.1. The Balaban J connectivity index is 3.41. The zero-order valence-electron chi connectivity index (χ0n) is 31.8. The number of allylic oxidation sites excluding steroid dienone is 4. The number of unbranched alkanes of at least 4 members (excludes halogenated alkanes) is 27. The zero-order chi connectivity index (χ0) is 34.1. The number of carbonyl (C=O) groups excluding carboxylic acids is 1. The van der Waals surface area contributed by atoms with Crippen LogP contribution in [0.2, 0.25) is 0 Å². The number of rotatable bonds is 39. The fourth-order valence-electron chi connectivity index (χ4n) is 6.12. The maximum absolute atomic E-state index is 12.2. The summed E-state index contributed by atoms with van der Waals surface area (Å²) in [7, 11) is 0. The van der Waals surface area contributed by atoms with Crippen LogP contribution in [0.4, 0.5) is 0 Å². The smallest absolute Gasteiger partial charge is 0.306 e. The molecule has 4 nitrogen and oxygen atoms in total. The lowest BCUT2D eigenvalue weighted by Crippen LogP contribution is -2.27. The van der Waals surface area contributed by atoms with Crippen molar-refractivity contribution >= 4 is 5.97 Å². The lowest BCUT2D eigenvalue weighted by molar-refractivity contribution is -0.154. The van der Waals surface area contributed by atoms with Crippen molar-refractivity contribution in [2.45, 2.75) is 225 Å². The average Bonchev–Trinajstić information content (AvgIpc) is 3.08. The summed E-state index contributed by atoms with van der Waals surface area (Å²) in [5.41, 5.74) is 0. The van der Waals surface area contributed by atoms with Gasteiger partial charge in [-0.2, -0.15) is 0 Å². The Hall–Kier alpha value is -1.13. The van der Waals surface area contributed by atoms with Crippen LogP contribution in [-0.2, 0) is 14.3 Å². The highest BCUT2D eigenvalue weighted by molar-refractivity contribution is 5.69. The Morgan fingerprint density at radius 3 is 1.32 bits per heavy atom. The molecule has 0 aromatic carbocycles. The summed E-state index contributed by atoms with van der Waals surface area (Å²) in [5, 5.41) is 9.58. The summed E-state index contributed by atoms with van der Waals surface area (Å²) >= 11 is 0. The molecule has 1 atom stereocenters. The third-order valence-electron chi connectivity index (χ3n) is 9.28. The van der Waals surface area contributed by atoms with Gasteiger partial charge in [0.1, 0.15) is 6.10 Å². The Kier molecular flexibility index (Phi) is 40.1. The third-order valence-corrected chi connectivity index (χ3v) is 9.28. The second-order valence-electron chi connectivity index (χ2n) is 14.1. The molecule has 0 heterocycles. The number of aliphatic hydroxyl groups is 1. The van der Waals surface area contributed by atoms with Crippen LogP contribution in [0.1, 0.15) is 219 Å². The van der Waals surface area contributed by atoms with Gasteiger partial charge >= 0.3 is 5.97 Å². The highest BCUT2D eigenvalue weighted by atomic mass is 16.6. The fourth-order valence-corrected chi connectivity index (χ4v) is 6.12. The molecular formula is C43H82O4. The Bertz CT molecular complexity index is 658. The van der Waals surface area contributed by atoms with Crippen molar-refractivity contribution in [1.82, 2.24) is 0 Å². The van der Waals surface area contributed by atoms with Gasteiger partial charge in [-0.25, -0.2) is 0 Å². The predicted octanol–water partition coefficient (Wildman–Crippen LogP) is 13.5. The van der Waals surface area contributed by atoms with Crippen LogP contribution >= 0.6 is 0 Å². The fraction of sp³-hybridized carbons (Fsp3) is 0.884. The molecule has 0 aromatic rings. The SMILES string of the molecule is CCCCCCC/C=C\C/C=C\CCCCCCCCCCCC(=O)OC(CO)COCCCCCCCCCCCCCCCC. The van der Waals surface area contributed by atoms with Gasteiger partial charge in [0.2, 0.25) is 0 Å². The van der Waals surface area contributed by atoms with Crippen molar-refractivity contribution in [2.75, 3.05) is 19.8 Å². The van der Waals surface area contributed by atoms with Gasteiger partial charge in [-0.05, 0) is 44.9 Å². The normalized spacial score (nSPS) is 12.5. The van der Waals surface area contributed by atoms with Crippen LogP contribution in [0.15, 0.2) is 24.3 Å². The van der Waals surface area contributed by atoms with E-state index >= 15 is 0 Å². The molecule has 0 bridgehead atoms. The van der Waals surface area contributed by atoms with E-state index < -0.39 is 6.10 Å².